The smallest absolute Gasteiger partial charge is 0.244 e. The minimum atomic E-state index is -3.73. The molecule has 1 aliphatic rings. The van der Waals surface area contributed by atoms with E-state index < -0.39 is 28.5 Å². The fourth-order valence-corrected chi connectivity index (χ4v) is 5.09. The van der Waals surface area contributed by atoms with E-state index >= 15 is 0 Å². The first kappa shape index (κ1) is 25.2. The molecule has 1 saturated carbocycles. The Morgan fingerprint density at radius 3 is 2.24 bits per heavy atom. The summed E-state index contributed by atoms with van der Waals surface area (Å²) in [5.41, 5.74) is 1.25. The molecular formula is C24H30BrN3O4S. The Morgan fingerprint density at radius 2 is 1.67 bits per heavy atom. The summed E-state index contributed by atoms with van der Waals surface area (Å²) in [4.78, 5) is 27.9. The van der Waals surface area contributed by atoms with Crippen LogP contribution in [0.1, 0.15) is 38.2 Å². The molecule has 1 fully saturated rings. The summed E-state index contributed by atoms with van der Waals surface area (Å²) in [5.74, 6) is -0.665. The highest BCUT2D eigenvalue weighted by Gasteiger charge is 2.31. The third kappa shape index (κ3) is 7.04. The van der Waals surface area contributed by atoms with Crippen molar-refractivity contribution in [2.75, 3.05) is 17.1 Å². The topological polar surface area (TPSA) is 86.8 Å². The molecule has 0 saturated heterocycles. The Bertz CT molecular complexity index is 1050. The maximum atomic E-state index is 13.5. The molecule has 0 bridgehead atoms. The number of halogens is 1. The first-order valence-corrected chi connectivity index (χ1v) is 13.7. The van der Waals surface area contributed by atoms with Crippen LogP contribution >= 0.6 is 15.9 Å². The standard InChI is InChI=1S/C24H30BrN3O4S/c1-18(24(30)26-21-10-6-7-11-21)27(16-19-8-4-3-5-9-19)23(29)17-28(33(2,31)32)22-14-12-20(25)13-15-22/h3-5,8-9,12-15,18,21H,6-7,10-11,16-17H2,1-2H3,(H,26,30)/t18-/m1/s1. The van der Waals surface area contributed by atoms with Crippen LogP contribution in [0.4, 0.5) is 5.69 Å². The van der Waals surface area contributed by atoms with Gasteiger partial charge in [-0.2, -0.15) is 0 Å². The van der Waals surface area contributed by atoms with Crippen molar-refractivity contribution in [1.29, 1.82) is 0 Å². The molecule has 2 aromatic carbocycles. The second-order valence-corrected chi connectivity index (χ2v) is 11.2. The summed E-state index contributed by atoms with van der Waals surface area (Å²) in [6.07, 6.45) is 5.12. The molecular weight excluding hydrogens is 506 g/mol. The Morgan fingerprint density at radius 1 is 1.06 bits per heavy atom. The molecule has 1 N–H and O–H groups in total. The summed E-state index contributed by atoms with van der Waals surface area (Å²) in [7, 11) is -3.73. The zero-order valence-electron chi connectivity index (χ0n) is 18.9. The summed E-state index contributed by atoms with van der Waals surface area (Å²) in [5, 5.41) is 3.05. The number of nitrogens with one attached hydrogen (secondary N) is 1. The van der Waals surface area contributed by atoms with E-state index in [1.54, 1.807) is 31.2 Å². The highest BCUT2D eigenvalue weighted by atomic mass is 79.9. The summed E-state index contributed by atoms with van der Waals surface area (Å²) in [6.45, 7) is 1.50. The molecule has 2 aromatic rings. The van der Waals surface area contributed by atoms with E-state index in [-0.39, 0.29) is 18.5 Å². The van der Waals surface area contributed by atoms with Gasteiger partial charge < -0.3 is 10.2 Å². The van der Waals surface area contributed by atoms with E-state index in [1.807, 2.05) is 30.3 Å². The summed E-state index contributed by atoms with van der Waals surface area (Å²) < 4.78 is 26.9. The molecule has 1 aliphatic carbocycles. The van der Waals surface area contributed by atoms with Crippen molar-refractivity contribution >= 4 is 43.5 Å². The van der Waals surface area contributed by atoms with Gasteiger partial charge in [0.05, 0.1) is 11.9 Å². The lowest BCUT2D eigenvalue weighted by Gasteiger charge is -2.32. The minimum Gasteiger partial charge on any atom is -0.352 e. The van der Waals surface area contributed by atoms with Crippen LogP contribution in [0.3, 0.4) is 0 Å². The van der Waals surface area contributed by atoms with Gasteiger partial charge in [0.2, 0.25) is 21.8 Å². The number of hydrogen-bond donors (Lipinski definition) is 1. The number of sulfonamides is 1. The Labute approximate surface area is 204 Å². The van der Waals surface area contributed by atoms with Gasteiger partial charge in [-0.1, -0.05) is 59.1 Å². The van der Waals surface area contributed by atoms with Crippen LogP contribution in [0.15, 0.2) is 59.1 Å². The van der Waals surface area contributed by atoms with Crippen LogP contribution in [0, 0.1) is 0 Å². The number of carbonyl (C=O) groups excluding carboxylic acids is 2. The van der Waals surface area contributed by atoms with Crippen LogP contribution in [-0.2, 0) is 26.2 Å². The molecule has 178 valence electrons. The molecule has 2 amide bonds. The molecule has 7 nitrogen and oxygen atoms in total. The van der Waals surface area contributed by atoms with Crippen molar-refractivity contribution in [3.05, 3.63) is 64.6 Å². The summed E-state index contributed by atoms with van der Waals surface area (Å²) >= 11 is 3.34. The van der Waals surface area contributed by atoms with Gasteiger partial charge >= 0.3 is 0 Å². The maximum Gasteiger partial charge on any atom is 0.244 e. The number of benzene rings is 2. The third-order valence-corrected chi connectivity index (χ3v) is 7.53. The van der Waals surface area contributed by atoms with E-state index in [0.29, 0.717) is 5.69 Å². The SMILES string of the molecule is C[C@H](C(=O)NC1CCCC1)N(Cc1ccccc1)C(=O)CN(c1ccc(Br)cc1)S(C)(=O)=O. The van der Waals surface area contributed by atoms with E-state index in [4.69, 9.17) is 0 Å². The minimum absolute atomic E-state index is 0.129. The number of rotatable bonds is 9. The predicted molar refractivity (Wildman–Crippen MR) is 133 cm³/mol. The lowest BCUT2D eigenvalue weighted by molar-refractivity contribution is -0.139. The maximum absolute atomic E-state index is 13.5. The molecule has 0 spiro atoms. The third-order valence-electron chi connectivity index (χ3n) is 5.86. The van der Waals surface area contributed by atoms with Crippen LogP contribution in [0.2, 0.25) is 0 Å². The van der Waals surface area contributed by atoms with Crippen LogP contribution < -0.4 is 9.62 Å². The van der Waals surface area contributed by atoms with Gasteiger partial charge in [-0.25, -0.2) is 8.42 Å². The lowest BCUT2D eigenvalue weighted by Crippen LogP contribution is -2.52. The first-order chi connectivity index (χ1) is 15.6. The van der Waals surface area contributed by atoms with Crippen molar-refractivity contribution in [2.45, 2.75) is 51.2 Å². The first-order valence-electron chi connectivity index (χ1n) is 11.0. The predicted octanol–water partition coefficient (Wildman–Crippen LogP) is 3.69. The number of anilines is 1. The van der Waals surface area contributed by atoms with Crippen molar-refractivity contribution < 1.29 is 18.0 Å². The Balaban J connectivity index is 1.84. The largest absolute Gasteiger partial charge is 0.352 e. The monoisotopic (exact) mass is 535 g/mol. The van der Waals surface area contributed by atoms with Gasteiger partial charge in [-0.3, -0.25) is 13.9 Å². The van der Waals surface area contributed by atoms with E-state index in [9.17, 15) is 18.0 Å². The van der Waals surface area contributed by atoms with Crippen LogP contribution in [0.5, 0.6) is 0 Å². The van der Waals surface area contributed by atoms with Gasteiger partial charge in [-0.05, 0) is 49.6 Å². The van der Waals surface area contributed by atoms with Gasteiger partial charge in [-0.15, -0.1) is 0 Å². The molecule has 1 atom stereocenters. The second-order valence-electron chi connectivity index (χ2n) is 8.42. The number of amides is 2. The molecule has 0 unspecified atom stereocenters. The van der Waals surface area contributed by atoms with E-state index in [0.717, 1.165) is 46.3 Å². The highest BCUT2D eigenvalue weighted by Crippen LogP contribution is 2.22. The average Bonchev–Trinajstić information content (AvgIpc) is 3.29. The highest BCUT2D eigenvalue weighted by molar-refractivity contribution is 9.10. The Kier molecular flexibility index (Phi) is 8.53. The fraction of sp³-hybridized carbons (Fsp3) is 0.417. The van der Waals surface area contributed by atoms with Crippen LogP contribution in [0.25, 0.3) is 0 Å². The van der Waals surface area contributed by atoms with Gasteiger partial charge in [0.1, 0.15) is 12.6 Å². The van der Waals surface area contributed by atoms with Gasteiger partial charge in [0, 0.05) is 17.1 Å². The summed E-state index contributed by atoms with van der Waals surface area (Å²) in [6, 6.07) is 15.5. The zero-order chi connectivity index (χ0) is 24.0. The van der Waals surface area contributed by atoms with Gasteiger partial charge in [0.25, 0.3) is 0 Å². The molecule has 9 heteroatoms. The van der Waals surface area contributed by atoms with E-state index in [1.165, 1.54) is 4.90 Å². The van der Waals surface area contributed by atoms with Gasteiger partial charge in [0.15, 0.2) is 0 Å². The molecule has 0 aromatic heterocycles. The number of nitrogens with zero attached hydrogens (tertiary/aromatic N) is 2. The molecule has 0 aliphatic heterocycles. The number of hydrogen-bond acceptors (Lipinski definition) is 4. The molecule has 0 heterocycles. The number of carbonyl (C=O) groups is 2. The normalized spacial score (nSPS) is 15.1. The van der Waals surface area contributed by atoms with Crippen molar-refractivity contribution in [3.8, 4) is 0 Å². The lowest BCUT2D eigenvalue weighted by atomic mass is 10.1. The average molecular weight is 536 g/mol. The molecule has 3 rings (SSSR count). The van der Waals surface area contributed by atoms with E-state index in [2.05, 4.69) is 21.2 Å². The van der Waals surface area contributed by atoms with Crippen LogP contribution in [-0.4, -0.2) is 50.0 Å². The second kappa shape index (κ2) is 11.2. The van der Waals surface area contributed by atoms with Crippen molar-refractivity contribution in [2.24, 2.45) is 0 Å². The zero-order valence-corrected chi connectivity index (χ0v) is 21.3. The van der Waals surface area contributed by atoms with Crippen molar-refractivity contribution in [1.82, 2.24) is 10.2 Å². The molecule has 33 heavy (non-hydrogen) atoms. The quantitative estimate of drug-likeness (QED) is 0.530. The fourth-order valence-electron chi connectivity index (χ4n) is 3.98. The Hall–Kier alpha value is -2.39. The molecule has 0 radical (unpaired) electrons. The van der Waals surface area contributed by atoms with Crippen molar-refractivity contribution in [3.63, 3.8) is 0 Å².